The second-order valence-corrected chi connectivity index (χ2v) is 3.53. The number of ether oxygens (including phenoxy) is 2. The number of hydrogen-bond acceptors (Lipinski definition) is 3. The van der Waals surface area contributed by atoms with E-state index in [0.717, 1.165) is 22.8 Å². The molecule has 82 valence electrons. The number of benzene rings is 1. The molecule has 17 heavy (non-hydrogen) atoms. The summed E-state index contributed by atoms with van der Waals surface area (Å²) in [5.41, 5.74) is 1.64. The second kappa shape index (κ2) is 4.18. The normalized spacial score (nSPS) is 11.8. The zero-order chi connectivity index (χ0) is 11.5. The van der Waals surface area contributed by atoms with Crippen LogP contribution in [0.5, 0.6) is 11.5 Å². The molecule has 3 heteroatoms. The quantitative estimate of drug-likeness (QED) is 0.642. The van der Waals surface area contributed by atoms with E-state index in [2.05, 4.69) is 16.8 Å². The van der Waals surface area contributed by atoms with Gasteiger partial charge in [0.05, 0.1) is 0 Å². The summed E-state index contributed by atoms with van der Waals surface area (Å²) >= 11 is 0. The summed E-state index contributed by atoms with van der Waals surface area (Å²) in [6, 6.07) is 11.3. The van der Waals surface area contributed by atoms with Gasteiger partial charge >= 0.3 is 0 Å². The lowest BCUT2D eigenvalue weighted by Crippen LogP contribution is -1.92. The average Bonchev–Trinajstić information content (AvgIpc) is 2.85. The van der Waals surface area contributed by atoms with Gasteiger partial charge in [0.2, 0.25) is 6.79 Å². The van der Waals surface area contributed by atoms with E-state index in [1.54, 1.807) is 6.20 Å². The van der Waals surface area contributed by atoms with Crippen LogP contribution in [0.4, 0.5) is 0 Å². The van der Waals surface area contributed by atoms with E-state index in [4.69, 9.17) is 9.47 Å². The molecule has 0 N–H and O–H groups in total. The van der Waals surface area contributed by atoms with Crippen LogP contribution < -0.4 is 9.47 Å². The Bertz CT molecular complexity index is 597. The third-order valence-electron chi connectivity index (χ3n) is 2.37. The Hall–Kier alpha value is -2.47. The van der Waals surface area contributed by atoms with Crippen molar-refractivity contribution in [2.45, 2.75) is 0 Å². The molecule has 2 aromatic rings. The smallest absolute Gasteiger partial charge is 0.231 e. The fourth-order valence-electron chi connectivity index (χ4n) is 1.55. The lowest BCUT2D eigenvalue weighted by molar-refractivity contribution is 0.174. The topological polar surface area (TPSA) is 31.4 Å². The summed E-state index contributed by atoms with van der Waals surface area (Å²) in [5.74, 6) is 7.56. The van der Waals surface area contributed by atoms with E-state index >= 15 is 0 Å². The van der Waals surface area contributed by atoms with Crippen molar-refractivity contribution in [3.05, 3.63) is 53.9 Å². The monoisotopic (exact) mass is 223 g/mol. The summed E-state index contributed by atoms with van der Waals surface area (Å²) in [6.07, 6.45) is 1.73. The highest BCUT2D eigenvalue weighted by atomic mass is 16.7. The molecule has 0 bridgehead atoms. The molecule has 0 fully saturated rings. The zero-order valence-electron chi connectivity index (χ0n) is 9.01. The van der Waals surface area contributed by atoms with Gasteiger partial charge in [0, 0.05) is 11.8 Å². The molecule has 0 atom stereocenters. The highest BCUT2D eigenvalue weighted by molar-refractivity contribution is 5.50. The fourth-order valence-corrected chi connectivity index (χ4v) is 1.55. The van der Waals surface area contributed by atoms with Crippen LogP contribution in [-0.2, 0) is 0 Å². The summed E-state index contributed by atoms with van der Waals surface area (Å²) in [4.78, 5) is 4.14. The van der Waals surface area contributed by atoms with Gasteiger partial charge in [-0.1, -0.05) is 12.0 Å². The maximum atomic E-state index is 5.29. The van der Waals surface area contributed by atoms with E-state index in [-0.39, 0.29) is 6.79 Å². The van der Waals surface area contributed by atoms with Gasteiger partial charge in [0.15, 0.2) is 11.5 Å². The van der Waals surface area contributed by atoms with Gasteiger partial charge in [-0.25, -0.2) is 4.98 Å². The molecule has 0 amide bonds. The van der Waals surface area contributed by atoms with Crippen molar-refractivity contribution in [3.8, 4) is 23.3 Å². The van der Waals surface area contributed by atoms with Crippen LogP contribution in [-0.4, -0.2) is 11.8 Å². The number of rotatable bonds is 0. The van der Waals surface area contributed by atoms with Gasteiger partial charge in [-0.05, 0) is 36.3 Å². The molecule has 0 aliphatic carbocycles. The van der Waals surface area contributed by atoms with Crippen molar-refractivity contribution in [3.63, 3.8) is 0 Å². The molecule has 0 spiro atoms. The van der Waals surface area contributed by atoms with Crippen LogP contribution in [0.25, 0.3) is 0 Å². The number of pyridine rings is 1. The van der Waals surface area contributed by atoms with Crippen molar-refractivity contribution in [1.29, 1.82) is 0 Å². The minimum absolute atomic E-state index is 0.284. The molecule has 2 heterocycles. The van der Waals surface area contributed by atoms with Gasteiger partial charge in [0.1, 0.15) is 5.69 Å². The van der Waals surface area contributed by atoms with Gasteiger partial charge in [-0.2, -0.15) is 0 Å². The lowest BCUT2D eigenvalue weighted by Gasteiger charge is -1.95. The van der Waals surface area contributed by atoms with Crippen LogP contribution >= 0.6 is 0 Å². The number of nitrogens with zero attached hydrogens (tertiary/aromatic N) is 1. The predicted molar refractivity (Wildman–Crippen MR) is 62.8 cm³/mol. The van der Waals surface area contributed by atoms with E-state index in [0.29, 0.717) is 0 Å². The summed E-state index contributed by atoms with van der Waals surface area (Å²) in [5, 5.41) is 0. The molecule has 0 radical (unpaired) electrons. The molecular weight excluding hydrogens is 214 g/mol. The Labute approximate surface area is 99.0 Å². The number of hydrogen-bond donors (Lipinski definition) is 0. The predicted octanol–water partition coefficient (Wildman–Crippen LogP) is 2.21. The first-order valence-electron chi connectivity index (χ1n) is 5.24. The largest absolute Gasteiger partial charge is 0.454 e. The SMILES string of the molecule is C(#Cc1ccccn1)c1ccc2c(c1)OCO2. The van der Waals surface area contributed by atoms with Crippen LogP contribution in [0.15, 0.2) is 42.6 Å². The first-order chi connectivity index (χ1) is 8.42. The second-order valence-electron chi connectivity index (χ2n) is 3.53. The molecular formula is C14H9NO2. The molecule has 1 aromatic carbocycles. The number of fused-ring (bicyclic) bond motifs is 1. The maximum Gasteiger partial charge on any atom is 0.231 e. The van der Waals surface area contributed by atoms with Crippen LogP contribution in [0, 0.1) is 11.8 Å². The zero-order valence-corrected chi connectivity index (χ0v) is 9.01. The van der Waals surface area contributed by atoms with E-state index in [9.17, 15) is 0 Å². The Morgan fingerprint density at radius 2 is 1.94 bits per heavy atom. The molecule has 0 saturated heterocycles. The van der Waals surface area contributed by atoms with Crippen molar-refractivity contribution in [1.82, 2.24) is 4.98 Å². The Morgan fingerprint density at radius 1 is 1.00 bits per heavy atom. The standard InChI is InChI=1S/C14H9NO2/c1-2-8-15-12(3-1)6-4-11-5-7-13-14(9-11)17-10-16-13/h1-3,5,7-9H,10H2. The van der Waals surface area contributed by atoms with Crippen molar-refractivity contribution >= 4 is 0 Å². The minimum atomic E-state index is 0.284. The van der Waals surface area contributed by atoms with Gasteiger partial charge < -0.3 is 9.47 Å². The Balaban J connectivity index is 1.89. The molecule has 1 aromatic heterocycles. The summed E-state index contributed by atoms with van der Waals surface area (Å²) in [6.45, 7) is 0.284. The Kier molecular flexibility index (Phi) is 2.40. The van der Waals surface area contributed by atoms with Gasteiger partial charge in [-0.15, -0.1) is 0 Å². The maximum absolute atomic E-state index is 5.29. The molecule has 0 unspecified atom stereocenters. The van der Waals surface area contributed by atoms with Crippen LogP contribution in [0.1, 0.15) is 11.3 Å². The minimum Gasteiger partial charge on any atom is -0.454 e. The highest BCUT2D eigenvalue weighted by Gasteiger charge is 2.12. The molecule has 3 nitrogen and oxygen atoms in total. The number of aromatic nitrogens is 1. The van der Waals surface area contributed by atoms with E-state index in [1.165, 1.54) is 0 Å². The van der Waals surface area contributed by atoms with Gasteiger partial charge in [0.25, 0.3) is 0 Å². The van der Waals surface area contributed by atoms with E-state index < -0.39 is 0 Å². The molecule has 1 aliphatic rings. The highest BCUT2D eigenvalue weighted by Crippen LogP contribution is 2.32. The van der Waals surface area contributed by atoms with E-state index in [1.807, 2.05) is 36.4 Å². The average molecular weight is 223 g/mol. The molecule has 0 saturated carbocycles. The lowest BCUT2D eigenvalue weighted by atomic mass is 10.2. The Morgan fingerprint density at radius 3 is 2.82 bits per heavy atom. The van der Waals surface area contributed by atoms with Crippen molar-refractivity contribution in [2.75, 3.05) is 6.79 Å². The van der Waals surface area contributed by atoms with Crippen LogP contribution in [0.3, 0.4) is 0 Å². The van der Waals surface area contributed by atoms with Gasteiger partial charge in [-0.3, -0.25) is 0 Å². The summed E-state index contributed by atoms with van der Waals surface area (Å²) in [7, 11) is 0. The van der Waals surface area contributed by atoms with Crippen molar-refractivity contribution < 1.29 is 9.47 Å². The molecule has 1 aliphatic heterocycles. The first kappa shape index (κ1) is 9.73. The summed E-state index contributed by atoms with van der Waals surface area (Å²) < 4.78 is 10.5. The third-order valence-corrected chi connectivity index (χ3v) is 2.37. The van der Waals surface area contributed by atoms with Crippen LogP contribution in [0.2, 0.25) is 0 Å². The molecule has 3 rings (SSSR count). The fraction of sp³-hybridized carbons (Fsp3) is 0.0714. The van der Waals surface area contributed by atoms with Crippen molar-refractivity contribution in [2.24, 2.45) is 0 Å². The third kappa shape index (κ3) is 2.06. The first-order valence-corrected chi connectivity index (χ1v) is 5.24.